The Balaban J connectivity index is 1.56. The standard InChI is InChI=1S/C30H29N5O4/c1-4-8-29(36)33-25-19-23-24(20-27(25)38-18-7-17-35(2)3)31-16-14-26(23)39-22-12-10-21(11-13-22)30(37)34-28-9-5-6-15-32-28/h5-6,9-16,19-20H,7,17-18H2,1-3H3,(H,33,36)(H,32,34,37). The van der Waals surface area contributed by atoms with Gasteiger partial charge in [-0.3, -0.25) is 14.6 Å². The van der Waals surface area contributed by atoms with Crippen LogP contribution in [0.4, 0.5) is 11.5 Å². The molecule has 0 aliphatic carbocycles. The SMILES string of the molecule is CC#CC(=O)Nc1cc2c(Oc3ccc(C(=O)Nc4ccccn4)cc3)ccnc2cc1OCCCN(C)C. The molecule has 9 heteroatoms. The molecule has 2 aromatic heterocycles. The predicted octanol–water partition coefficient (Wildman–Crippen LogP) is 4.97. The van der Waals surface area contributed by atoms with Crippen LogP contribution in [-0.4, -0.2) is 53.9 Å². The first-order valence-corrected chi connectivity index (χ1v) is 12.4. The van der Waals surface area contributed by atoms with Crippen molar-refractivity contribution >= 4 is 34.2 Å². The summed E-state index contributed by atoms with van der Waals surface area (Å²) in [6.45, 7) is 2.95. The van der Waals surface area contributed by atoms with Crippen molar-refractivity contribution in [3.63, 3.8) is 0 Å². The summed E-state index contributed by atoms with van der Waals surface area (Å²) in [6, 6.07) is 17.3. The number of carbonyl (C=O) groups is 2. The third-order valence-corrected chi connectivity index (χ3v) is 5.55. The highest BCUT2D eigenvalue weighted by atomic mass is 16.5. The van der Waals surface area contributed by atoms with E-state index in [1.54, 1.807) is 80.0 Å². The number of hydrogen-bond donors (Lipinski definition) is 2. The number of benzene rings is 2. The molecule has 0 saturated carbocycles. The highest BCUT2D eigenvalue weighted by Gasteiger charge is 2.14. The molecule has 198 valence electrons. The number of nitrogens with one attached hydrogen (secondary N) is 2. The third kappa shape index (κ3) is 7.53. The van der Waals surface area contributed by atoms with E-state index in [0.29, 0.717) is 51.8 Å². The van der Waals surface area contributed by atoms with Gasteiger partial charge in [0.2, 0.25) is 0 Å². The minimum Gasteiger partial charge on any atom is -0.491 e. The van der Waals surface area contributed by atoms with E-state index >= 15 is 0 Å². The van der Waals surface area contributed by atoms with Crippen molar-refractivity contribution in [2.75, 3.05) is 37.9 Å². The first kappa shape index (κ1) is 27.1. The van der Waals surface area contributed by atoms with Crippen molar-refractivity contribution in [3.05, 3.63) is 78.6 Å². The van der Waals surface area contributed by atoms with Crippen LogP contribution in [0.3, 0.4) is 0 Å². The number of pyridine rings is 2. The van der Waals surface area contributed by atoms with E-state index in [9.17, 15) is 9.59 Å². The Kier molecular flexibility index (Phi) is 9.06. The van der Waals surface area contributed by atoms with Gasteiger partial charge in [-0.2, -0.15) is 0 Å². The summed E-state index contributed by atoms with van der Waals surface area (Å²) in [7, 11) is 4.00. The Labute approximate surface area is 227 Å². The second kappa shape index (κ2) is 13.0. The molecular formula is C30H29N5O4. The smallest absolute Gasteiger partial charge is 0.300 e. The zero-order valence-corrected chi connectivity index (χ0v) is 22.0. The highest BCUT2D eigenvalue weighted by molar-refractivity contribution is 6.06. The number of fused-ring (bicyclic) bond motifs is 1. The lowest BCUT2D eigenvalue weighted by Gasteiger charge is -2.15. The van der Waals surface area contributed by atoms with E-state index < -0.39 is 5.91 Å². The lowest BCUT2D eigenvalue weighted by molar-refractivity contribution is -0.111. The monoisotopic (exact) mass is 523 g/mol. The molecule has 0 spiro atoms. The van der Waals surface area contributed by atoms with Gasteiger partial charge in [0.05, 0.1) is 17.8 Å². The van der Waals surface area contributed by atoms with E-state index in [2.05, 4.69) is 37.3 Å². The molecule has 0 unspecified atom stereocenters. The first-order valence-electron chi connectivity index (χ1n) is 12.4. The molecule has 2 amide bonds. The lowest BCUT2D eigenvalue weighted by atomic mass is 10.1. The molecule has 0 atom stereocenters. The van der Waals surface area contributed by atoms with Gasteiger partial charge in [0.25, 0.3) is 11.8 Å². The molecule has 9 nitrogen and oxygen atoms in total. The van der Waals surface area contributed by atoms with Gasteiger partial charge in [-0.05, 0) is 81.9 Å². The van der Waals surface area contributed by atoms with Crippen molar-refractivity contribution in [1.29, 1.82) is 0 Å². The average molecular weight is 524 g/mol. The summed E-state index contributed by atoms with van der Waals surface area (Å²) in [5.74, 6) is 6.41. The van der Waals surface area contributed by atoms with Crippen LogP contribution < -0.4 is 20.1 Å². The Morgan fingerprint density at radius 2 is 1.77 bits per heavy atom. The quantitative estimate of drug-likeness (QED) is 0.223. The molecule has 4 aromatic rings. The number of hydrogen-bond acceptors (Lipinski definition) is 7. The normalized spacial score (nSPS) is 10.5. The Hall–Kier alpha value is -4.94. The summed E-state index contributed by atoms with van der Waals surface area (Å²) >= 11 is 0. The molecule has 0 fully saturated rings. The fraction of sp³-hybridized carbons (Fsp3) is 0.200. The van der Waals surface area contributed by atoms with Crippen LogP contribution in [-0.2, 0) is 4.79 Å². The maximum absolute atomic E-state index is 12.5. The molecule has 0 saturated heterocycles. The zero-order valence-electron chi connectivity index (χ0n) is 22.0. The van der Waals surface area contributed by atoms with Gasteiger partial charge in [0, 0.05) is 36.0 Å². The number of carbonyl (C=O) groups excluding carboxylic acids is 2. The Morgan fingerprint density at radius 1 is 0.949 bits per heavy atom. The number of anilines is 2. The summed E-state index contributed by atoms with van der Waals surface area (Å²) in [6.07, 6.45) is 4.07. The average Bonchev–Trinajstić information content (AvgIpc) is 2.92. The topological polar surface area (TPSA) is 106 Å². The number of nitrogens with zero attached hydrogens (tertiary/aromatic N) is 3. The van der Waals surface area contributed by atoms with Crippen LogP contribution in [0.25, 0.3) is 10.9 Å². The van der Waals surface area contributed by atoms with Crippen molar-refractivity contribution in [2.45, 2.75) is 13.3 Å². The lowest BCUT2D eigenvalue weighted by Crippen LogP contribution is -2.16. The molecule has 0 aliphatic heterocycles. The van der Waals surface area contributed by atoms with Crippen LogP contribution in [0, 0.1) is 11.8 Å². The molecule has 0 radical (unpaired) electrons. The predicted molar refractivity (Wildman–Crippen MR) is 151 cm³/mol. The van der Waals surface area contributed by atoms with Gasteiger partial charge in [0.15, 0.2) is 0 Å². The van der Waals surface area contributed by atoms with E-state index in [0.717, 1.165) is 13.0 Å². The highest BCUT2D eigenvalue weighted by Crippen LogP contribution is 2.36. The van der Waals surface area contributed by atoms with E-state index in [-0.39, 0.29) is 5.91 Å². The number of amides is 2. The molecule has 0 bridgehead atoms. The Bertz CT molecular complexity index is 1510. The molecule has 0 aliphatic rings. The second-order valence-corrected chi connectivity index (χ2v) is 8.80. The second-order valence-electron chi connectivity index (χ2n) is 8.80. The van der Waals surface area contributed by atoms with Gasteiger partial charge in [-0.1, -0.05) is 12.0 Å². The minimum absolute atomic E-state index is 0.275. The van der Waals surface area contributed by atoms with Gasteiger partial charge < -0.3 is 25.0 Å². The van der Waals surface area contributed by atoms with Crippen LogP contribution in [0.1, 0.15) is 23.7 Å². The zero-order chi connectivity index (χ0) is 27.6. The first-order chi connectivity index (χ1) is 18.9. The number of rotatable bonds is 10. The van der Waals surface area contributed by atoms with Gasteiger partial charge in [-0.15, -0.1) is 0 Å². The number of ether oxygens (including phenoxy) is 2. The van der Waals surface area contributed by atoms with Gasteiger partial charge in [-0.25, -0.2) is 4.98 Å². The van der Waals surface area contributed by atoms with Crippen molar-refractivity contribution in [3.8, 4) is 29.1 Å². The van der Waals surface area contributed by atoms with E-state index in [1.807, 2.05) is 14.1 Å². The largest absolute Gasteiger partial charge is 0.491 e. The number of aromatic nitrogens is 2. The molecule has 2 heterocycles. The molecule has 2 aromatic carbocycles. The van der Waals surface area contributed by atoms with Crippen LogP contribution in [0.15, 0.2) is 73.1 Å². The van der Waals surface area contributed by atoms with Crippen LogP contribution in [0.2, 0.25) is 0 Å². The maximum atomic E-state index is 12.5. The van der Waals surface area contributed by atoms with E-state index in [4.69, 9.17) is 9.47 Å². The molecule has 39 heavy (non-hydrogen) atoms. The summed E-state index contributed by atoms with van der Waals surface area (Å²) < 4.78 is 12.1. The minimum atomic E-state index is -0.444. The van der Waals surface area contributed by atoms with Crippen LogP contribution >= 0.6 is 0 Å². The maximum Gasteiger partial charge on any atom is 0.300 e. The van der Waals surface area contributed by atoms with Crippen LogP contribution in [0.5, 0.6) is 17.2 Å². The molecule has 4 rings (SSSR count). The Morgan fingerprint density at radius 3 is 2.49 bits per heavy atom. The fourth-order valence-corrected chi connectivity index (χ4v) is 3.71. The molecule has 2 N–H and O–H groups in total. The van der Waals surface area contributed by atoms with Crippen molar-refractivity contribution in [1.82, 2.24) is 14.9 Å². The van der Waals surface area contributed by atoms with E-state index in [1.165, 1.54) is 0 Å². The third-order valence-electron chi connectivity index (χ3n) is 5.55. The van der Waals surface area contributed by atoms with Crippen molar-refractivity contribution in [2.24, 2.45) is 0 Å². The molecular weight excluding hydrogens is 494 g/mol. The summed E-state index contributed by atoms with van der Waals surface area (Å²) in [4.78, 5) is 35.5. The van der Waals surface area contributed by atoms with Gasteiger partial charge in [0.1, 0.15) is 23.1 Å². The summed E-state index contributed by atoms with van der Waals surface area (Å²) in [5.41, 5.74) is 1.58. The summed E-state index contributed by atoms with van der Waals surface area (Å²) in [5, 5.41) is 6.23. The fourth-order valence-electron chi connectivity index (χ4n) is 3.71. The van der Waals surface area contributed by atoms with Gasteiger partial charge >= 0.3 is 0 Å². The van der Waals surface area contributed by atoms with Crippen molar-refractivity contribution < 1.29 is 19.1 Å².